The second-order valence-corrected chi connectivity index (χ2v) is 12.1. The van der Waals surface area contributed by atoms with Gasteiger partial charge in [0.25, 0.3) is 15.9 Å². The lowest BCUT2D eigenvalue weighted by molar-refractivity contribution is -0.141. The SMILES string of the molecule is CC(C)NC(=O)[C@@H](Cc1ccccc1)N(Cc1ccc(Cl)cc1Cl)C(=O)CN1C(=O)c2ccccc2S1(=O)=O. The number of carbonyl (C=O) groups is 3. The minimum atomic E-state index is -4.24. The third-order valence-electron chi connectivity index (χ3n) is 6.25. The first-order valence-electron chi connectivity index (χ1n) is 12.2. The van der Waals surface area contributed by atoms with Crippen LogP contribution in [0, 0.1) is 0 Å². The van der Waals surface area contributed by atoms with Crippen molar-refractivity contribution in [3.63, 3.8) is 0 Å². The van der Waals surface area contributed by atoms with Crippen LogP contribution >= 0.6 is 23.2 Å². The number of nitrogens with zero attached hydrogens (tertiary/aromatic N) is 2. The van der Waals surface area contributed by atoms with Gasteiger partial charge in [0.2, 0.25) is 11.8 Å². The molecule has 3 amide bonds. The first-order valence-corrected chi connectivity index (χ1v) is 14.4. The monoisotopic (exact) mass is 587 g/mol. The highest BCUT2D eigenvalue weighted by Gasteiger charge is 2.43. The summed E-state index contributed by atoms with van der Waals surface area (Å²) >= 11 is 12.5. The van der Waals surface area contributed by atoms with Crippen LogP contribution in [0.3, 0.4) is 0 Å². The van der Waals surface area contributed by atoms with Gasteiger partial charge in [0.1, 0.15) is 17.5 Å². The van der Waals surface area contributed by atoms with Crippen molar-refractivity contribution in [1.29, 1.82) is 0 Å². The van der Waals surface area contributed by atoms with Crippen LogP contribution in [0.15, 0.2) is 77.7 Å². The van der Waals surface area contributed by atoms with E-state index < -0.39 is 40.3 Å². The van der Waals surface area contributed by atoms with Crippen LogP contribution < -0.4 is 5.32 Å². The van der Waals surface area contributed by atoms with Gasteiger partial charge in [-0.15, -0.1) is 0 Å². The van der Waals surface area contributed by atoms with Gasteiger partial charge in [-0.25, -0.2) is 12.7 Å². The molecular weight excluding hydrogens is 561 g/mol. The Balaban J connectivity index is 1.74. The molecule has 0 unspecified atom stereocenters. The Morgan fingerprint density at radius 1 is 0.974 bits per heavy atom. The number of nitrogens with one attached hydrogen (secondary N) is 1. The summed E-state index contributed by atoms with van der Waals surface area (Å²) in [6.07, 6.45) is 0.150. The third kappa shape index (κ3) is 6.27. The summed E-state index contributed by atoms with van der Waals surface area (Å²) < 4.78 is 26.9. The van der Waals surface area contributed by atoms with Gasteiger partial charge in [-0.3, -0.25) is 14.4 Å². The zero-order valence-electron chi connectivity index (χ0n) is 21.3. The largest absolute Gasteiger partial charge is 0.352 e. The summed E-state index contributed by atoms with van der Waals surface area (Å²) in [4.78, 5) is 41.5. The molecule has 204 valence electrons. The summed E-state index contributed by atoms with van der Waals surface area (Å²) in [7, 11) is -4.24. The molecule has 11 heteroatoms. The smallest absolute Gasteiger partial charge is 0.269 e. The maximum absolute atomic E-state index is 13.9. The molecular formula is C28H27Cl2N3O5S. The molecule has 0 aromatic heterocycles. The standard InChI is InChI=1S/C28H27Cl2N3O5S/c1-18(2)31-27(35)24(14-19-8-4-3-5-9-19)32(16-20-12-13-21(29)15-23(20)30)26(34)17-33-28(36)22-10-6-7-11-25(22)39(33,37)38/h3-13,15,18,24H,14,16-17H2,1-2H3,(H,31,35)/t24-/m1/s1. The van der Waals surface area contributed by atoms with Gasteiger partial charge in [0.05, 0.1) is 5.56 Å². The van der Waals surface area contributed by atoms with Gasteiger partial charge in [0.15, 0.2) is 0 Å². The Hall–Kier alpha value is -3.40. The van der Waals surface area contributed by atoms with Gasteiger partial charge >= 0.3 is 0 Å². The van der Waals surface area contributed by atoms with Gasteiger partial charge in [0, 0.05) is 29.1 Å². The van der Waals surface area contributed by atoms with Crippen molar-refractivity contribution in [2.75, 3.05) is 6.54 Å². The van der Waals surface area contributed by atoms with Gasteiger partial charge in [-0.1, -0.05) is 71.7 Å². The van der Waals surface area contributed by atoms with E-state index in [1.54, 1.807) is 32.0 Å². The van der Waals surface area contributed by atoms with Crippen molar-refractivity contribution in [1.82, 2.24) is 14.5 Å². The molecule has 1 aliphatic rings. The predicted octanol–water partition coefficient (Wildman–Crippen LogP) is 4.30. The van der Waals surface area contributed by atoms with Crippen LogP contribution in [-0.4, -0.2) is 54.0 Å². The van der Waals surface area contributed by atoms with Crippen molar-refractivity contribution in [2.24, 2.45) is 0 Å². The highest BCUT2D eigenvalue weighted by Crippen LogP contribution is 2.30. The molecule has 8 nitrogen and oxygen atoms in total. The zero-order chi connectivity index (χ0) is 28.3. The van der Waals surface area contributed by atoms with Crippen LogP contribution in [0.2, 0.25) is 10.0 Å². The first kappa shape index (κ1) is 28.6. The number of carbonyl (C=O) groups excluding carboxylic acids is 3. The number of halogens is 2. The molecule has 0 spiro atoms. The van der Waals surface area contributed by atoms with E-state index in [1.807, 2.05) is 30.3 Å². The molecule has 0 saturated heterocycles. The second-order valence-electron chi connectivity index (χ2n) is 9.44. The van der Waals surface area contributed by atoms with Gasteiger partial charge in [-0.2, -0.15) is 0 Å². The predicted molar refractivity (Wildman–Crippen MR) is 149 cm³/mol. The molecule has 0 bridgehead atoms. The average molecular weight is 589 g/mol. The number of benzene rings is 3. The van der Waals surface area contributed by atoms with E-state index in [0.29, 0.717) is 14.9 Å². The average Bonchev–Trinajstić information content (AvgIpc) is 3.08. The number of rotatable bonds is 9. The van der Waals surface area contributed by atoms with Crippen LogP contribution in [0.1, 0.15) is 35.3 Å². The highest BCUT2D eigenvalue weighted by atomic mass is 35.5. The minimum absolute atomic E-state index is 0.00372. The highest BCUT2D eigenvalue weighted by molar-refractivity contribution is 7.90. The van der Waals surface area contributed by atoms with Crippen molar-refractivity contribution in [2.45, 2.75) is 43.8 Å². The lowest BCUT2D eigenvalue weighted by atomic mass is 10.0. The van der Waals surface area contributed by atoms with Crippen molar-refractivity contribution < 1.29 is 22.8 Å². The topological polar surface area (TPSA) is 104 Å². The molecule has 0 fully saturated rings. The van der Waals surface area contributed by atoms with E-state index >= 15 is 0 Å². The summed E-state index contributed by atoms with van der Waals surface area (Å²) in [5.74, 6) is -1.95. The van der Waals surface area contributed by atoms with Gasteiger partial charge in [-0.05, 0) is 49.2 Å². The Labute approximate surface area is 237 Å². The lowest BCUT2D eigenvalue weighted by Crippen LogP contribution is -2.54. The molecule has 1 atom stereocenters. The Bertz CT molecular complexity index is 1510. The quantitative estimate of drug-likeness (QED) is 0.402. The van der Waals surface area contributed by atoms with E-state index in [4.69, 9.17) is 23.2 Å². The van der Waals surface area contributed by atoms with Crippen LogP contribution in [0.25, 0.3) is 0 Å². The summed E-state index contributed by atoms with van der Waals surface area (Å²) in [5.41, 5.74) is 1.29. The van der Waals surface area contributed by atoms with Crippen LogP contribution in [-0.2, 0) is 32.6 Å². The maximum atomic E-state index is 13.9. The normalized spacial score (nSPS) is 14.7. The van der Waals surface area contributed by atoms with Crippen molar-refractivity contribution in [3.05, 3.63) is 99.5 Å². The molecule has 39 heavy (non-hydrogen) atoms. The third-order valence-corrected chi connectivity index (χ3v) is 8.62. The van der Waals surface area contributed by atoms with E-state index in [2.05, 4.69) is 5.32 Å². The minimum Gasteiger partial charge on any atom is -0.352 e. The molecule has 4 rings (SSSR count). The lowest BCUT2D eigenvalue weighted by Gasteiger charge is -2.33. The molecule has 1 N–H and O–H groups in total. The number of hydrogen-bond acceptors (Lipinski definition) is 5. The summed E-state index contributed by atoms with van der Waals surface area (Å²) in [6.45, 7) is 2.70. The number of amides is 3. The molecule has 1 aliphatic heterocycles. The fourth-order valence-corrected chi connectivity index (χ4v) is 6.36. The Kier molecular flexibility index (Phi) is 8.64. The summed E-state index contributed by atoms with van der Waals surface area (Å²) in [5, 5.41) is 3.53. The number of fused-ring (bicyclic) bond motifs is 1. The van der Waals surface area contributed by atoms with Crippen molar-refractivity contribution in [3.8, 4) is 0 Å². The fraction of sp³-hybridized carbons (Fsp3) is 0.250. The number of hydrogen-bond donors (Lipinski definition) is 1. The van der Waals surface area contributed by atoms with E-state index in [0.717, 1.165) is 5.56 Å². The van der Waals surface area contributed by atoms with Gasteiger partial charge < -0.3 is 10.2 Å². The molecule has 3 aromatic carbocycles. The van der Waals surface area contributed by atoms with Crippen LogP contribution in [0.4, 0.5) is 0 Å². The molecule has 0 radical (unpaired) electrons. The Morgan fingerprint density at radius 3 is 2.28 bits per heavy atom. The first-order chi connectivity index (χ1) is 18.5. The molecule has 0 aliphatic carbocycles. The second kappa shape index (κ2) is 11.8. The molecule has 0 saturated carbocycles. The van der Waals surface area contributed by atoms with Crippen LogP contribution in [0.5, 0.6) is 0 Å². The van der Waals surface area contributed by atoms with Crippen molar-refractivity contribution >= 4 is 50.9 Å². The summed E-state index contributed by atoms with van der Waals surface area (Å²) in [6, 6.07) is 18.5. The zero-order valence-corrected chi connectivity index (χ0v) is 23.6. The van der Waals surface area contributed by atoms with E-state index in [-0.39, 0.29) is 34.5 Å². The maximum Gasteiger partial charge on any atom is 0.269 e. The Morgan fingerprint density at radius 2 is 1.64 bits per heavy atom. The molecule has 3 aromatic rings. The number of sulfonamides is 1. The molecule has 1 heterocycles. The van der Waals surface area contributed by atoms with E-state index in [9.17, 15) is 22.8 Å². The van der Waals surface area contributed by atoms with E-state index in [1.165, 1.54) is 29.2 Å². The fourth-order valence-electron chi connectivity index (χ4n) is 4.37.